The SMILES string of the molecule is CCOC(=O)C(C)(C)Oc1ccc(C#N)c(F)c1. The molecule has 0 saturated heterocycles. The average molecular weight is 251 g/mol. The van der Waals surface area contributed by atoms with Crippen molar-refractivity contribution in [2.24, 2.45) is 0 Å². The quantitative estimate of drug-likeness (QED) is 0.771. The maximum Gasteiger partial charge on any atom is 0.349 e. The second-order valence-electron chi connectivity index (χ2n) is 4.09. The summed E-state index contributed by atoms with van der Waals surface area (Å²) in [6.07, 6.45) is 0. The van der Waals surface area contributed by atoms with E-state index in [0.29, 0.717) is 0 Å². The molecule has 0 aliphatic heterocycles. The second kappa shape index (κ2) is 5.50. The third kappa shape index (κ3) is 3.20. The van der Waals surface area contributed by atoms with Crippen LogP contribution in [0.5, 0.6) is 5.75 Å². The zero-order valence-corrected chi connectivity index (χ0v) is 10.5. The highest BCUT2D eigenvalue weighted by molar-refractivity contribution is 5.79. The molecule has 5 heteroatoms. The largest absolute Gasteiger partial charge is 0.476 e. The summed E-state index contributed by atoms with van der Waals surface area (Å²) in [5.41, 5.74) is -1.28. The predicted molar refractivity (Wildman–Crippen MR) is 62.5 cm³/mol. The Balaban J connectivity index is 2.88. The molecule has 4 nitrogen and oxygen atoms in total. The van der Waals surface area contributed by atoms with Crippen LogP contribution in [0.15, 0.2) is 18.2 Å². The Labute approximate surface area is 105 Å². The fraction of sp³-hybridized carbons (Fsp3) is 0.385. The van der Waals surface area contributed by atoms with E-state index in [-0.39, 0.29) is 17.9 Å². The van der Waals surface area contributed by atoms with Crippen molar-refractivity contribution in [3.05, 3.63) is 29.6 Å². The molecule has 0 heterocycles. The van der Waals surface area contributed by atoms with Gasteiger partial charge in [0.15, 0.2) is 5.60 Å². The van der Waals surface area contributed by atoms with Crippen molar-refractivity contribution in [3.63, 3.8) is 0 Å². The van der Waals surface area contributed by atoms with Gasteiger partial charge in [0.2, 0.25) is 0 Å². The van der Waals surface area contributed by atoms with Crippen LogP contribution >= 0.6 is 0 Å². The van der Waals surface area contributed by atoms with Gasteiger partial charge in [0, 0.05) is 6.07 Å². The van der Waals surface area contributed by atoms with E-state index < -0.39 is 17.4 Å². The van der Waals surface area contributed by atoms with Gasteiger partial charge in [0.05, 0.1) is 12.2 Å². The Kier molecular flexibility index (Phi) is 4.27. The lowest BCUT2D eigenvalue weighted by molar-refractivity contribution is -0.158. The Morgan fingerprint density at radius 1 is 1.50 bits per heavy atom. The average Bonchev–Trinajstić information content (AvgIpc) is 2.29. The molecule has 0 atom stereocenters. The molecular formula is C13H14FNO3. The molecule has 0 aliphatic carbocycles. The van der Waals surface area contributed by atoms with Gasteiger partial charge in [-0.2, -0.15) is 5.26 Å². The van der Waals surface area contributed by atoms with Gasteiger partial charge in [0.25, 0.3) is 0 Å². The molecule has 96 valence electrons. The number of rotatable bonds is 4. The lowest BCUT2D eigenvalue weighted by Crippen LogP contribution is -2.39. The number of benzene rings is 1. The molecule has 0 unspecified atom stereocenters. The van der Waals surface area contributed by atoms with Crippen LogP contribution in [-0.2, 0) is 9.53 Å². The van der Waals surface area contributed by atoms with Gasteiger partial charge in [-0.25, -0.2) is 9.18 Å². The Bertz CT molecular complexity index is 491. The predicted octanol–water partition coefficient (Wildman–Crippen LogP) is 2.42. The highest BCUT2D eigenvalue weighted by atomic mass is 19.1. The third-order valence-corrected chi connectivity index (χ3v) is 2.20. The molecule has 1 rings (SSSR count). The van der Waals surface area contributed by atoms with Gasteiger partial charge in [-0.1, -0.05) is 0 Å². The van der Waals surface area contributed by atoms with E-state index in [0.717, 1.165) is 6.07 Å². The molecule has 1 aromatic rings. The summed E-state index contributed by atoms with van der Waals surface area (Å²) in [5.74, 6) is -1.05. The molecular weight excluding hydrogens is 237 g/mol. The van der Waals surface area contributed by atoms with E-state index in [1.165, 1.54) is 26.0 Å². The van der Waals surface area contributed by atoms with E-state index in [4.69, 9.17) is 14.7 Å². The third-order valence-electron chi connectivity index (χ3n) is 2.20. The molecule has 0 spiro atoms. The molecule has 0 fully saturated rings. The highest BCUT2D eigenvalue weighted by Crippen LogP contribution is 2.22. The maximum atomic E-state index is 13.4. The van der Waals surface area contributed by atoms with Crippen LogP contribution in [0.2, 0.25) is 0 Å². The molecule has 0 radical (unpaired) electrons. The van der Waals surface area contributed by atoms with Crippen molar-refractivity contribution in [1.82, 2.24) is 0 Å². The fourth-order valence-electron chi connectivity index (χ4n) is 1.29. The molecule has 0 aromatic heterocycles. The molecule has 1 aromatic carbocycles. The second-order valence-corrected chi connectivity index (χ2v) is 4.09. The standard InChI is InChI=1S/C13H14FNO3/c1-4-17-12(16)13(2,3)18-10-6-5-9(8-15)11(14)7-10/h5-7H,4H2,1-3H3. The number of hydrogen-bond acceptors (Lipinski definition) is 4. The molecule has 0 N–H and O–H groups in total. The topological polar surface area (TPSA) is 59.3 Å². The number of hydrogen-bond donors (Lipinski definition) is 0. The lowest BCUT2D eigenvalue weighted by Gasteiger charge is -2.24. The number of carbonyl (C=O) groups is 1. The van der Waals surface area contributed by atoms with E-state index >= 15 is 0 Å². The molecule has 0 amide bonds. The van der Waals surface area contributed by atoms with E-state index in [9.17, 15) is 9.18 Å². The van der Waals surface area contributed by atoms with Crippen molar-refractivity contribution in [2.45, 2.75) is 26.4 Å². The summed E-state index contributed by atoms with van der Waals surface area (Å²) in [6.45, 7) is 4.99. The Morgan fingerprint density at radius 3 is 2.67 bits per heavy atom. The van der Waals surface area contributed by atoms with Gasteiger partial charge in [0.1, 0.15) is 17.6 Å². The van der Waals surface area contributed by atoms with Crippen LogP contribution in [-0.4, -0.2) is 18.2 Å². The monoisotopic (exact) mass is 251 g/mol. The van der Waals surface area contributed by atoms with Crippen molar-refractivity contribution >= 4 is 5.97 Å². The van der Waals surface area contributed by atoms with Crippen molar-refractivity contribution in [3.8, 4) is 11.8 Å². The smallest absolute Gasteiger partial charge is 0.349 e. The Morgan fingerprint density at radius 2 is 2.17 bits per heavy atom. The summed E-state index contributed by atoms with van der Waals surface area (Å²) >= 11 is 0. The number of nitriles is 1. The zero-order valence-electron chi connectivity index (χ0n) is 10.5. The first-order valence-corrected chi connectivity index (χ1v) is 5.46. The Hall–Kier alpha value is -2.09. The van der Waals surface area contributed by atoms with Crippen LogP contribution < -0.4 is 4.74 Å². The summed E-state index contributed by atoms with van der Waals surface area (Å²) in [4.78, 5) is 11.6. The summed E-state index contributed by atoms with van der Waals surface area (Å²) < 4.78 is 23.6. The first kappa shape index (κ1) is 14.0. The van der Waals surface area contributed by atoms with Crippen molar-refractivity contribution in [2.75, 3.05) is 6.61 Å². The van der Waals surface area contributed by atoms with Crippen LogP contribution in [0.1, 0.15) is 26.3 Å². The van der Waals surface area contributed by atoms with Gasteiger partial charge in [-0.3, -0.25) is 0 Å². The van der Waals surface area contributed by atoms with Gasteiger partial charge >= 0.3 is 5.97 Å². The summed E-state index contributed by atoms with van der Waals surface area (Å²) in [7, 11) is 0. The number of carbonyl (C=O) groups excluding carboxylic acids is 1. The van der Waals surface area contributed by atoms with Crippen LogP contribution in [0.4, 0.5) is 4.39 Å². The van der Waals surface area contributed by atoms with Crippen LogP contribution in [0.25, 0.3) is 0 Å². The fourth-order valence-corrected chi connectivity index (χ4v) is 1.29. The minimum atomic E-state index is -1.21. The molecule has 0 saturated carbocycles. The molecule has 18 heavy (non-hydrogen) atoms. The first-order chi connectivity index (χ1) is 8.40. The number of ether oxygens (including phenoxy) is 2. The van der Waals surface area contributed by atoms with E-state index in [1.807, 2.05) is 0 Å². The highest BCUT2D eigenvalue weighted by Gasteiger charge is 2.31. The first-order valence-electron chi connectivity index (χ1n) is 5.46. The van der Waals surface area contributed by atoms with Crippen molar-refractivity contribution in [1.29, 1.82) is 5.26 Å². The van der Waals surface area contributed by atoms with Crippen molar-refractivity contribution < 1.29 is 18.7 Å². The summed E-state index contributed by atoms with van der Waals surface area (Å²) in [6, 6.07) is 5.51. The van der Waals surface area contributed by atoms with Gasteiger partial charge in [-0.15, -0.1) is 0 Å². The maximum absolute atomic E-state index is 13.4. The van der Waals surface area contributed by atoms with Gasteiger partial charge < -0.3 is 9.47 Å². The normalized spacial score (nSPS) is 10.6. The summed E-state index contributed by atoms with van der Waals surface area (Å²) in [5, 5.41) is 8.60. The van der Waals surface area contributed by atoms with Crippen LogP contribution in [0.3, 0.4) is 0 Å². The van der Waals surface area contributed by atoms with Crippen LogP contribution in [0, 0.1) is 17.1 Å². The molecule has 0 aliphatic rings. The van der Waals surface area contributed by atoms with Gasteiger partial charge in [-0.05, 0) is 32.9 Å². The number of halogens is 1. The minimum absolute atomic E-state index is 0.0729. The lowest BCUT2D eigenvalue weighted by atomic mass is 10.1. The van der Waals surface area contributed by atoms with E-state index in [2.05, 4.69) is 0 Å². The molecule has 0 bridgehead atoms. The van der Waals surface area contributed by atoms with E-state index in [1.54, 1.807) is 13.0 Å². The number of esters is 1. The zero-order chi connectivity index (χ0) is 13.8. The number of nitrogens with zero attached hydrogens (tertiary/aromatic N) is 1. The minimum Gasteiger partial charge on any atom is -0.476 e.